The van der Waals surface area contributed by atoms with Crippen molar-refractivity contribution in [3.8, 4) is 0 Å². The highest BCUT2D eigenvalue weighted by Crippen LogP contribution is 2.15. The van der Waals surface area contributed by atoms with Gasteiger partial charge in [0.05, 0.1) is 12.2 Å². The van der Waals surface area contributed by atoms with Gasteiger partial charge in [-0.2, -0.15) is 0 Å². The van der Waals surface area contributed by atoms with Gasteiger partial charge >= 0.3 is 0 Å². The van der Waals surface area contributed by atoms with Crippen molar-refractivity contribution >= 4 is 0 Å². The summed E-state index contributed by atoms with van der Waals surface area (Å²) in [5.41, 5.74) is -0.585. The monoisotopic (exact) mass is 203 g/mol. The van der Waals surface area contributed by atoms with E-state index in [4.69, 9.17) is 4.74 Å². The minimum atomic E-state index is -0.585. The molecule has 1 atom stereocenters. The Labute approximate surface area is 87.8 Å². The smallest absolute Gasteiger partial charge is 0.0743 e. The van der Waals surface area contributed by atoms with E-state index in [-0.39, 0.29) is 0 Å². The van der Waals surface area contributed by atoms with Gasteiger partial charge < -0.3 is 15.2 Å². The maximum Gasteiger partial charge on any atom is 0.0743 e. The third-order valence-electron chi connectivity index (χ3n) is 2.25. The lowest BCUT2D eigenvalue weighted by Crippen LogP contribution is -2.39. The van der Waals surface area contributed by atoms with Crippen molar-refractivity contribution in [3.05, 3.63) is 0 Å². The van der Waals surface area contributed by atoms with Gasteiger partial charge in [0.2, 0.25) is 0 Å². The highest BCUT2D eigenvalue weighted by atomic mass is 16.5. The molecule has 0 aliphatic carbocycles. The van der Waals surface area contributed by atoms with Gasteiger partial charge in [-0.05, 0) is 25.7 Å². The third-order valence-corrected chi connectivity index (χ3v) is 2.25. The minimum Gasteiger partial charge on any atom is -0.389 e. The van der Waals surface area contributed by atoms with Crippen molar-refractivity contribution < 1.29 is 9.84 Å². The SMILES string of the molecule is COCCNCC(C)(O)CCC(C)C. The Balaban J connectivity index is 3.50. The molecule has 0 aromatic heterocycles. The van der Waals surface area contributed by atoms with Crippen LogP contribution in [0.5, 0.6) is 0 Å². The van der Waals surface area contributed by atoms with Gasteiger partial charge in [-0.25, -0.2) is 0 Å². The van der Waals surface area contributed by atoms with Crippen LogP contribution >= 0.6 is 0 Å². The lowest BCUT2D eigenvalue weighted by Gasteiger charge is -2.24. The van der Waals surface area contributed by atoms with Crippen molar-refractivity contribution in [2.24, 2.45) is 5.92 Å². The highest BCUT2D eigenvalue weighted by molar-refractivity contribution is 4.75. The second kappa shape index (κ2) is 7.21. The van der Waals surface area contributed by atoms with E-state index in [1.807, 2.05) is 6.92 Å². The third kappa shape index (κ3) is 8.48. The Morgan fingerprint density at radius 3 is 2.57 bits per heavy atom. The Morgan fingerprint density at radius 2 is 2.07 bits per heavy atom. The number of aliphatic hydroxyl groups is 1. The number of nitrogens with one attached hydrogen (secondary N) is 1. The van der Waals surface area contributed by atoms with Crippen molar-refractivity contribution in [2.75, 3.05) is 26.8 Å². The second-order valence-electron chi connectivity index (χ2n) is 4.60. The van der Waals surface area contributed by atoms with Crippen molar-refractivity contribution in [1.29, 1.82) is 0 Å². The fourth-order valence-electron chi connectivity index (χ4n) is 1.22. The molecule has 0 saturated heterocycles. The average molecular weight is 203 g/mol. The van der Waals surface area contributed by atoms with E-state index in [1.165, 1.54) is 0 Å². The fourth-order valence-corrected chi connectivity index (χ4v) is 1.22. The zero-order valence-corrected chi connectivity index (χ0v) is 9.97. The topological polar surface area (TPSA) is 41.5 Å². The van der Waals surface area contributed by atoms with Gasteiger partial charge in [0, 0.05) is 20.2 Å². The van der Waals surface area contributed by atoms with Crippen LogP contribution in [0.25, 0.3) is 0 Å². The summed E-state index contributed by atoms with van der Waals surface area (Å²) in [6, 6.07) is 0. The predicted molar refractivity (Wildman–Crippen MR) is 59.4 cm³/mol. The van der Waals surface area contributed by atoms with Gasteiger partial charge in [-0.1, -0.05) is 13.8 Å². The molecule has 0 spiro atoms. The first-order chi connectivity index (χ1) is 6.48. The van der Waals surface area contributed by atoms with Gasteiger partial charge in [0.25, 0.3) is 0 Å². The number of rotatable bonds is 8. The van der Waals surface area contributed by atoms with Crippen LogP contribution in [0.2, 0.25) is 0 Å². The van der Waals surface area contributed by atoms with Crippen LogP contribution in [0.4, 0.5) is 0 Å². The Bertz CT molecular complexity index is 135. The summed E-state index contributed by atoms with van der Waals surface area (Å²) in [6.45, 7) is 8.37. The van der Waals surface area contributed by atoms with Crippen molar-refractivity contribution in [2.45, 2.75) is 39.2 Å². The molecule has 2 N–H and O–H groups in total. The molecule has 3 nitrogen and oxygen atoms in total. The quantitative estimate of drug-likeness (QED) is 0.586. The molecular weight excluding hydrogens is 178 g/mol. The molecule has 0 saturated carbocycles. The molecule has 0 radical (unpaired) electrons. The predicted octanol–water partition coefficient (Wildman–Crippen LogP) is 1.41. The molecule has 0 fully saturated rings. The molecule has 3 heteroatoms. The second-order valence-corrected chi connectivity index (χ2v) is 4.60. The Hall–Kier alpha value is -0.120. The highest BCUT2D eigenvalue weighted by Gasteiger charge is 2.19. The van der Waals surface area contributed by atoms with E-state index in [9.17, 15) is 5.11 Å². The molecule has 0 amide bonds. The number of hydrogen-bond donors (Lipinski definition) is 2. The molecule has 0 aliphatic rings. The maximum absolute atomic E-state index is 9.96. The van der Waals surface area contributed by atoms with Crippen LogP contribution in [-0.4, -0.2) is 37.5 Å². The van der Waals surface area contributed by atoms with E-state index >= 15 is 0 Å². The Kier molecular flexibility index (Phi) is 7.15. The minimum absolute atomic E-state index is 0.585. The van der Waals surface area contributed by atoms with Gasteiger partial charge in [0.15, 0.2) is 0 Å². The normalized spacial score (nSPS) is 15.9. The Morgan fingerprint density at radius 1 is 1.43 bits per heavy atom. The number of ether oxygens (including phenoxy) is 1. The van der Waals surface area contributed by atoms with Crippen molar-refractivity contribution in [3.63, 3.8) is 0 Å². The lowest BCUT2D eigenvalue weighted by molar-refractivity contribution is 0.0438. The summed E-state index contributed by atoms with van der Waals surface area (Å²) in [7, 11) is 1.68. The molecule has 0 aliphatic heterocycles. The molecular formula is C11H25NO2. The number of methoxy groups -OCH3 is 1. The first-order valence-electron chi connectivity index (χ1n) is 5.40. The molecule has 0 heterocycles. The molecule has 1 unspecified atom stereocenters. The zero-order chi connectivity index (χ0) is 11.0. The van der Waals surface area contributed by atoms with E-state index in [0.29, 0.717) is 19.1 Å². The van der Waals surface area contributed by atoms with Crippen LogP contribution in [0.1, 0.15) is 33.6 Å². The maximum atomic E-state index is 9.96. The summed E-state index contributed by atoms with van der Waals surface area (Å²) < 4.78 is 4.91. The summed E-state index contributed by atoms with van der Waals surface area (Å²) in [6.07, 6.45) is 1.92. The summed E-state index contributed by atoms with van der Waals surface area (Å²) in [5, 5.41) is 13.1. The van der Waals surface area contributed by atoms with Gasteiger partial charge in [0.1, 0.15) is 0 Å². The van der Waals surface area contributed by atoms with Crippen molar-refractivity contribution in [1.82, 2.24) is 5.32 Å². The zero-order valence-electron chi connectivity index (χ0n) is 9.97. The molecule has 0 aromatic rings. The van der Waals surface area contributed by atoms with E-state index in [2.05, 4.69) is 19.2 Å². The lowest BCUT2D eigenvalue weighted by atomic mass is 9.95. The molecule has 86 valence electrons. The first-order valence-corrected chi connectivity index (χ1v) is 5.40. The van der Waals surface area contributed by atoms with Gasteiger partial charge in [-0.15, -0.1) is 0 Å². The summed E-state index contributed by atoms with van der Waals surface area (Å²) in [5.74, 6) is 0.653. The van der Waals surface area contributed by atoms with Crippen LogP contribution in [-0.2, 0) is 4.74 Å². The summed E-state index contributed by atoms with van der Waals surface area (Å²) >= 11 is 0. The molecule has 14 heavy (non-hydrogen) atoms. The average Bonchev–Trinajstić information content (AvgIpc) is 2.10. The van der Waals surface area contributed by atoms with Crippen LogP contribution in [0.15, 0.2) is 0 Å². The number of hydrogen-bond acceptors (Lipinski definition) is 3. The first kappa shape index (κ1) is 13.9. The molecule has 0 rings (SSSR count). The van der Waals surface area contributed by atoms with Crippen LogP contribution < -0.4 is 5.32 Å². The van der Waals surface area contributed by atoms with E-state index in [0.717, 1.165) is 19.4 Å². The summed E-state index contributed by atoms with van der Waals surface area (Å²) in [4.78, 5) is 0. The van der Waals surface area contributed by atoms with Crippen LogP contribution in [0.3, 0.4) is 0 Å². The molecule has 0 aromatic carbocycles. The van der Waals surface area contributed by atoms with E-state index in [1.54, 1.807) is 7.11 Å². The largest absolute Gasteiger partial charge is 0.389 e. The molecule has 0 bridgehead atoms. The van der Waals surface area contributed by atoms with Gasteiger partial charge in [-0.3, -0.25) is 0 Å². The fraction of sp³-hybridized carbons (Fsp3) is 1.00. The van der Waals surface area contributed by atoms with E-state index < -0.39 is 5.60 Å². The standard InChI is InChI=1S/C11H25NO2/c1-10(2)5-6-11(3,13)9-12-7-8-14-4/h10,12-13H,5-9H2,1-4H3. The van der Waals surface area contributed by atoms with Crippen LogP contribution in [0, 0.1) is 5.92 Å².